The fourth-order valence-electron chi connectivity index (χ4n) is 2.36. The predicted octanol–water partition coefficient (Wildman–Crippen LogP) is 1.72. The van der Waals surface area contributed by atoms with Crippen molar-refractivity contribution in [1.29, 1.82) is 0 Å². The summed E-state index contributed by atoms with van der Waals surface area (Å²) in [6.07, 6.45) is 5.60. The number of hydrogen-bond acceptors (Lipinski definition) is 5. The molecule has 7 heteroatoms. The fourth-order valence-corrected chi connectivity index (χ4v) is 3.07. The van der Waals surface area contributed by atoms with Gasteiger partial charge in [0.15, 0.2) is 10.8 Å². The Balaban J connectivity index is 2.02. The quantitative estimate of drug-likeness (QED) is 0.869. The number of carboxylic acids is 1. The van der Waals surface area contributed by atoms with Crippen molar-refractivity contribution in [2.24, 2.45) is 0 Å². The molecule has 0 aromatic carbocycles. The van der Waals surface area contributed by atoms with E-state index in [1.165, 1.54) is 11.3 Å². The molecule has 3 rings (SSSR count). The van der Waals surface area contributed by atoms with Gasteiger partial charge in [0.25, 0.3) is 0 Å². The molecule has 20 heavy (non-hydrogen) atoms. The molecule has 1 saturated heterocycles. The highest BCUT2D eigenvalue weighted by atomic mass is 32.1. The molecule has 0 radical (unpaired) electrons. The van der Waals surface area contributed by atoms with Crippen molar-refractivity contribution in [3.05, 3.63) is 23.3 Å². The van der Waals surface area contributed by atoms with Crippen LogP contribution in [0, 0.1) is 0 Å². The van der Waals surface area contributed by atoms with Crippen molar-refractivity contribution in [2.75, 3.05) is 25.2 Å². The second-order valence-electron chi connectivity index (χ2n) is 4.68. The number of anilines is 1. The summed E-state index contributed by atoms with van der Waals surface area (Å²) in [4.78, 5) is 18.3. The van der Waals surface area contributed by atoms with E-state index in [2.05, 4.69) is 9.88 Å². The molecular weight excluding hydrogens is 278 g/mol. The fraction of sp³-hybridized carbons (Fsp3) is 0.385. The minimum absolute atomic E-state index is 0.289. The van der Waals surface area contributed by atoms with E-state index in [4.69, 9.17) is 9.84 Å². The first kappa shape index (κ1) is 13.1. The molecule has 3 heterocycles. The van der Waals surface area contributed by atoms with Gasteiger partial charge in [-0.05, 0) is 12.5 Å². The molecule has 6 nitrogen and oxygen atoms in total. The van der Waals surface area contributed by atoms with Gasteiger partial charge in [0.2, 0.25) is 0 Å². The molecule has 0 saturated carbocycles. The smallest absolute Gasteiger partial charge is 0.328 e. The first-order valence-electron chi connectivity index (χ1n) is 6.34. The first-order valence-corrected chi connectivity index (χ1v) is 7.22. The largest absolute Gasteiger partial charge is 0.478 e. The van der Waals surface area contributed by atoms with Gasteiger partial charge in [0.1, 0.15) is 0 Å². The Bertz CT molecular complexity index is 655. The van der Waals surface area contributed by atoms with Crippen LogP contribution in [0.3, 0.4) is 0 Å². The standard InChI is InChI=1S/C13H15N3O3S/c1-15(9-4-6-19-8-9)12-10(2-3-11(17)18)16-5-7-20-13(16)14-12/h2-3,5,7,9H,4,6,8H2,1H3,(H,17,18)/b3-2+. The van der Waals surface area contributed by atoms with Gasteiger partial charge in [-0.15, -0.1) is 11.3 Å². The summed E-state index contributed by atoms with van der Waals surface area (Å²) in [6, 6.07) is 0.289. The van der Waals surface area contributed by atoms with Crippen molar-refractivity contribution < 1.29 is 14.6 Å². The number of thiazole rings is 1. The third-order valence-electron chi connectivity index (χ3n) is 3.45. The Labute approximate surface area is 119 Å². The Morgan fingerprint density at radius 3 is 3.25 bits per heavy atom. The Morgan fingerprint density at radius 2 is 2.55 bits per heavy atom. The summed E-state index contributed by atoms with van der Waals surface area (Å²) in [5.74, 6) is -0.169. The minimum atomic E-state index is -0.965. The van der Waals surface area contributed by atoms with Gasteiger partial charge in [-0.3, -0.25) is 4.40 Å². The number of nitrogens with zero attached hydrogens (tertiary/aromatic N) is 3. The van der Waals surface area contributed by atoms with Crippen LogP contribution in [0.1, 0.15) is 12.1 Å². The van der Waals surface area contributed by atoms with E-state index in [0.717, 1.165) is 35.6 Å². The van der Waals surface area contributed by atoms with Crippen LogP contribution >= 0.6 is 11.3 Å². The normalized spacial score (nSPS) is 19.1. The monoisotopic (exact) mass is 293 g/mol. The zero-order valence-electron chi connectivity index (χ0n) is 11.0. The average Bonchev–Trinajstić information content (AvgIpc) is 3.12. The predicted molar refractivity (Wildman–Crippen MR) is 77.4 cm³/mol. The average molecular weight is 293 g/mol. The van der Waals surface area contributed by atoms with E-state index in [0.29, 0.717) is 6.61 Å². The lowest BCUT2D eigenvalue weighted by Crippen LogP contribution is -2.32. The van der Waals surface area contributed by atoms with Gasteiger partial charge in [-0.2, -0.15) is 0 Å². The Morgan fingerprint density at radius 1 is 1.70 bits per heavy atom. The summed E-state index contributed by atoms with van der Waals surface area (Å²) in [7, 11) is 1.98. The number of imidazole rings is 1. The van der Waals surface area contributed by atoms with E-state index >= 15 is 0 Å². The number of likely N-dealkylation sites (N-methyl/N-ethyl adjacent to an activating group) is 1. The van der Waals surface area contributed by atoms with Gasteiger partial charge in [-0.25, -0.2) is 9.78 Å². The zero-order valence-corrected chi connectivity index (χ0v) is 11.8. The maximum atomic E-state index is 10.8. The van der Waals surface area contributed by atoms with E-state index < -0.39 is 5.97 Å². The third kappa shape index (κ3) is 2.30. The third-order valence-corrected chi connectivity index (χ3v) is 4.21. The summed E-state index contributed by atoms with van der Waals surface area (Å²) in [6.45, 7) is 1.45. The van der Waals surface area contributed by atoms with Crippen LogP contribution in [0.25, 0.3) is 11.0 Å². The van der Waals surface area contributed by atoms with Crippen molar-refractivity contribution in [3.63, 3.8) is 0 Å². The molecular formula is C13H15N3O3S. The summed E-state index contributed by atoms with van der Waals surface area (Å²) in [5.41, 5.74) is 0.790. The lowest BCUT2D eigenvalue weighted by molar-refractivity contribution is -0.131. The van der Waals surface area contributed by atoms with Crippen LogP contribution < -0.4 is 4.90 Å². The van der Waals surface area contributed by atoms with Crippen LogP contribution in [0.5, 0.6) is 0 Å². The zero-order chi connectivity index (χ0) is 14.1. The maximum absolute atomic E-state index is 10.8. The molecule has 0 amide bonds. The van der Waals surface area contributed by atoms with Crippen molar-refractivity contribution in [2.45, 2.75) is 12.5 Å². The molecule has 1 aliphatic rings. The Kier molecular flexibility index (Phi) is 3.45. The highest BCUT2D eigenvalue weighted by Crippen LogP contribution is 2.28. The molecule has 0 aliphatic carbocycles. The summed E-state index contributed by atoms with van der Waals surface area (Å²) in [5, 5.41) is 10.8. The SMILES string of the molecule is CN(c1nc2sccn2c1/C=C/C(=O)O)C1CCOC1. The topological polar surface area (TPSA) is 67.1 Å². The van der Waals surface area contributed by atoms with Gasteiger partial charge < -0.3 is 14.7 Å². The first-order chi connectivity index (χ1) is 9.66. The summed E-state index contributed by atoms with van der Waals surface area (Å²) < 4.78 is 7.32. The molecule has 2 aromatic heterocycles. The highest BCUT2D eigenvalue weighted by molar-refractivity contribution is 7.15. The van der Waals surface area contributed by atoms with Crippen LogP contribution in [0.15, 0.2) is 17.7 Å². The van der Waals surface area contributed by atoms with E-state index in [1.807, 2.05) is 23.0 Å². The number of aromatic nitrogens is 2. The second kappa shape index (κ2) is 5.26. The molecule has 1 unspecified atom stereocenters. The molecule has 1 aliphatic heterocycles. The second-order valence-corrected chi connectivity index (χ2v) is 5.55. The van der Waals surface area contributed by atoms with Crippen molar-refractivity contribution in [3.8, 4) is 0 Å². The molecule has 1 atom stereocenters. The molecule has 2 aromatic rings. The van der Waals surface area contributed by atoms with Crippen molar-refractivity contribution >= 4 is 34.2 Å². The molecule has 1 N–H and O–H groups in total. The van der Waals surface area contributed by atoms with E-state index in [1.54, 1.807) is 6.08 Å². The van der Waals surface area contributed by atoms with Crippen LogP contribution in [-0.4, -0.2) is 46.8 Å². The molecule has 0 bridgehead atoms. The maximum Gasteiger partial charge on any atom is 0.328 e. The lowest BCUT2D eigenvalue weighted by Gasteiger charge is -2.23. The Hall–Kier alpha value is -1.86. The molecule has 1 fully saturated rings. The van der Waals surface area contributed by atoms with Gasteiger partial charge in [0, 0.05) is 31.3 Å². The molecule has 106 valence electrons. The van der Waals surface area contributed by atoms with E-state index in [-0.39, 0.29) is 6.04 Å². The molecule has 0 spiro atoms. The van der Waals surface area contributed by atoms with Gasteiger partial charge >= 0.3 is 5.97 Å². The van der Waals surface area contributed by atoms with Gasteiger partial charge in [0.05, 0.1) is 18.3 Å². The number of rotatable bonds is 4. The van der Waals surface area contributed by atoms with Crippen molar-refractivity contribution in [1.82, 2.24) is 9.38 Å². The number of hydrogen-bond donors (Lipinski definition) is 1. The van der Waals surface area contributed by atoms with Gasteiger partial charge in [-0.1, -0.05) is 0 Å². The highest BCUT2D eigenvalue weighted by Gasteiger charge is 2.25. The van der Waals surface area contributed by atoms with Crippen LogP contribution in [0.4, 0.5) is 5.82 Å². The number of carboxylic acid groups (broad SMARTS) is 1. The lowest BCUT2D eigenvalue weighted by atomic mass is 10.2. The number of aliphatic carboxylic acids is 1. The number of ether oxygens (including phenoxy) is 1. The minimum Gasteiger partial charge on any atom is -0.478 e. The van der Waals surface area contributed by atoms with Crippen LogP contribution in [-0.2, 0) is 9.53 Å². The number of carbonyl (C=O) groups is 1. The van der Waals surface area contributed by atoms with Crippen LogP contribution in [0.2, 0.25) is 0 Å². The number of fused-ring (bicyclic) bond motifs is 1. The summed E-state index contributed by atoms with van der Waals surface area (Å²) >= 11 is 1.53. The van der Waals surface area contributed by atoms with E-state index in [9.17, 15) is 4.79 Å².